The van der Waals surface area contributed by atoms with Crippen molar-refractivity contribution in [2.45, 2.75) is 70.8 Å². The topological polar surface area (TPSA) is 107 Å². The number of carbonyl (C=O) groups excluding carboxylic acids is 3. The summed E-state index contributed by atoms with van der Waals surface area (Å²) in [6.07, 6.45) is 7.13. The highest BCUT2D eigenvalue weighted by Gasteiger charge is 2.27. The fourth-order valence-electron chi connectivity index (χ4n) is 4.99. The number of aryl methyl sites for hydroxylation is 1. The van der Waals surface area contributed by atoms with Crippen LogP contribution in [0.3, 0.4) is 0 Å². The third kappa shape index (κ3) is 6.22. The summed E-state index contributed by atoms with van der Waals surface area (Å²) in [5, 5.41) is 2.95. The van der Waals surface area contributed by atoms with Gasteiger partial charge in [-0.2, -0.15) is 0 Å². The van der Waals surface area contributed by atoms with Crippen molar-refractivity contribution in [3.8, 4) is 0 Å². The highest BCUT2D eigenvalue weighted by Crippen LogP contribution is 2.32. The largest absolute Gasteiger partial charge is 0.370 e. The Balaban J connectivity index is 1.60. The fraction of sp³-hybridized carbons (Fsp3) is 0.429. The Morgan fingerprint density at radius 1 is 1.08 bits per heavy atom. The number of aromatic nitrogens is 2. The van der Waals surface area contributed by atoms with Gasteiger partial charge in [-0.1, -0.05) is 48.2 Å². The zero-order valence-corrected chi connectivity index (χ0v) is 22.2. The summed E-state index contributed by atoms with van der Waals surface area (Å²) in [5.74, 6) is 0.129. The van der Waals surface area contributed by atoms with Crippen LogP contribution in [0, 0.1) is 5.92 Å². The van der Waals surface area contributed by atoms with Crippen LogP contribution in [0.2, 0.25) is 0 Å². The molecule has 1 saturated carbocycles. The van der Waals surface area contributed by atoms with Gasteiger partial charge < -0.3 is 10.3 Å². The van der Waals surface area contributed by atoms with Gasteiger partial charge in [-0.3, -0.25) is 19.7 Å². The smallest absolute Gasteiger partial charge is 0.257 e. The minimum absolute atomic E-state index is 0.146. The van der Waals surface area contributed by atoms with Gasteiger partial charge in [0.15, 0.2) is 0 Å². The van der Waals surface area contributed by atoms with E-state index in [0.717, 1.165) is 46.8 Å². The SMILES string of the molecule is CC(C(=O)C1CCCCC1)c1ccc2c(c1)nc(NC(=O)c1ccc(Br)cc1)n2CCCCC(N)=O. The number of nitrogens with two attached hydrogens (primary N) is 1. The molecule has 1 fully saturated rings. The van der Waals surface area contributed by atoms with Crippen molar-refractivity contribution >= 4 is 50.5 Å². The van der Waals surface area contributed by atoms with Gasteiger partial charge in [-0.05, 0) is 67.6 Å². The molecule has 190 valence electrons. The lowest BCUT2D eigenvalue weighted by atomic mass is 9.80. The molecule has 1 aromatic heterocycles. The first kappa shape index (κ1) is 26.1. The van der Waals surface area contributed by atoms with Gasteiger partial charge in [0.1, 0.15) is 5.78 Å². The van der Waals surface area contributed by atoms with Gasteiger partial charge in [0.25, 0.3) is 5.91 Å². The minimum Gasteiger partial charge on any atom is -0.370 e. The van der Waals surface area contributed by atoms with E-state index in [1.807, 2.05) is 41.8 Å². The second-order valence-electron chi connectivity index (χ2n) is 9.68. The Hall–Kier alpha value is -3.00. The van der Waals surface area contributed by atoms with Crippen LogP contribution in [0.5, 0.6) is 0 Å². The number of primary amides is 1. The highest BCUT2D eigenvalue weighted by atomic mass is 79.9. The quantitative estimate of drug-likeness (QED) is 0.302. The average Bonchev–Trinajstić information content (AvgIpc) is 3.22. The van der Waals surface area contributed by atoms with Crippen LogP contribution in [-0.4, -0.2) is 27.1 Å². The normalized spacial score (nSPS) is 15.1. The maximum atomic E-state index is 13.1. The fourth-order valence-corrected chi connectivity index (χ4v) is 5.25. The number of unbranched alkanes of at least 4 members (excludes halogenated alkanes) is 1. The van der Waals surface area contributed by atoms with E-state index in [4.69, 9.17) is 10.7 Å². The van der Waals surface area contributed by atoms with Crippen molar-refractivity contribution in [1.29, 1.82) is 0 Å². The van der Waals surface area contributed by atoms with Crippen LogP contribution < -0.4 is 11.1 Å². The van der Waals surface area contributed by atoms with E-state index in [2.05, 4.69) is 21.2 Å². The number of nitrogens with zero attached hydrogens (tertiary/aromatic N) is 2. The molecule has 0 spiro atoms. The Morgan fingerprint density at radius 2 is 1.81 bits per heavy atom. The third-order valence-electron chi connectivity index (χ3n) is 7.09. The number of nitrogens with one attached hydrogen (secondary N) is 1. The molecule has 4 rings (SSSR count). The first-order chi connectivity index (χ1) is 17.3. The summed E-state index contributed by atoms with van der Waals surface area (Å²) in [6, 6.07) is 13.1. The Labute approximate surface area is 220 Å². The second kappa shape index (κ2) is 11.8. The number of benzene rings is 2. The molecule has 2 amide bonds. The molecular formula is C28H33BrN4O3. The van der Waals surface area contributed by atoms with Crippen LogP contribution in [0.25, 0.3) is 11.0 Å². The Kier molecular flexibility index (Phi) is 8.56. The summed E-state index contributed by atoms with van der Waals surface area (Å²) in [7, 11) is 0. The molecule has 1 atom stereocenters. The number of ketones is 1. The number of hydrogen-bond donors (Lipinski definition) is 2. The lowest BCUT2D eigenvalue weighted by Gasteiger charge is -2.23. The molecule has 1 aliphatic carbocycles. The molecule has 1 aliphatic rings. The van der Waals surface area contributed by atoms with Gasteiger partial charge in [0, 0.05) is 34.8 Å². The van der Waals surface area contributed by atoms with E-state index in [0.29, 0.717) is 43.1 Å². The van der Waals surface area contributed by atoms with Crippen molar-refractivity contribution in [2.75, 3.05) is 5.32 Å². The van der Waals surface area contributed by atoms with Crippen LogP contribution in [0.1, 0.15) is 80.1 Å². The molecule has 3 aromatic rings. The van der Waals surface area contributed by atoms with E-state index in [-0.39, 0.29) is 23.7 Å². The number of hydrogen-bond acceptors (Lipinski definition) is 4. The molecule has 3 N–H and O–H groups in total. The Bertz CT molecular complexity index is 1250. The number of imidazole rings is 1. The molecule has 1 unspecified atom stereocenters. The number of fused-ring (bicyclic) bond motifs is 1. The summed E-state index contributed by atoms with van der Waals surface area (Å²) in [5.41, 5.74) is 8.37. The molecule has 0 aliphatic heterocycles. The van der Waals surface area contributed by atoms with Gasteiger partial charge in [0.2, 0.25) is 11.9 Å². The Morgan fingerprint density at radius 3 is 2.50 bits per heavy atom. The molecule has 0 radical (unpaired) electrons. The summed E-state index contributed by atoms with van der Waals surface area (Å²) >= 11 is 3.39. The number of amides is 2. The van der Waals surface area contributed by atoms with Crippen LogP contribution in [0.4, 0.5) is 5.95 Å². The molecule has 0 bridgehead atoms. The van der Waals surface area contributed by atoms with Gasteiger partial charge in [-0.15, -0.1) is 0 Å². The highest BCUT2D eigenvalue weighted by molar-refractivity contribution is 9.10. The van der Waals surface area contributed by atoms with Crippen LogP contribution in [-0.2, 0) is 16.1 Å². The van der Waals surface area contributed by atoms with E-state index >= 15 is 0 Å². The second-order valence-corrected chi connectivity index (χ2v) is 10.6. The predicted molar refractivity (Wildman–Crippen MR) is 145 cm³/mol. The zero-order valence-electron chi connectivity index (χ0n) is 20.6. The molecule has 2 aromatic carbocycles. The van der Waals surface area contributed by atoms with Gasteiger partial charge in [-0.25, -0.2) is 4.98 Å². The maximum absolute atomic E-state index is 13.1. The molecule has 0 saturated heterocycles. The number of carbonyl (C=O) groups is 3. The van der Waals surface area contributed by atoms with Crippen molar-refractivity contribution < 1.29 is 14.4 Å². The predicted octanol–water partition coefficient (Wildman–Crippen LogP) is 5.96. The monoisotopic (exact) mass is 552 g/mol. The van der Waals surface area contributed by atoms with Crippen molar-refractivity contribution in [3.05, 3.63) is 58.1 Å². The summed E-state index contributed by atoms with van der Waals surface area (Å²) in [4.78, 5) is 42.0. The lowest BCUT2D eigenvalue weighted by molar-refractivity contribution is -0.125. The lowest BCUT2D eigenvalue weighted by Crippen LogP contribution is -2.22. The summed E-state index contributed by atoms with van der Waals surface area (Å²) in [6.45, 7) is 2.56. The van der Waals surface area contributed by atoms with Crippen LogP contribution >= 0.6 is 15.9 Å². The minimum atomic E-state index is -0.324. The molecular weight excluding hydrogens is 520 g/mol. The van der Waals surface area contributed by atoms with Crippen molar-refractivity contribution in [2.24, 2.45) is 11.7 Å². The standard InChI is InChI=1S/C28H33BrN4O3/c1-18(26(35)19-7-3-2-4-8-19)21-12-15-24-23(17-21)31-28(33(24)16-6-5-9-25(30)34)32-27(36)20-10-13-22(29)14-11-20/h10-15,17-19H,2-9,16H2,1H3,(H2,30,34)(H,31,32,36). The first-order valence-electron chi connectivity index (χ1n) is 12.7. The van der Waals surface area contributed by atoms with Crippen molar-refractivity contribution in [3.63, 3.8) is 0 Å². The average molecular weight is 554 g/mol. The first-order valence-corrected chi connectivity index (χ1v) is 13.5. The van der Waals surface area contributed by atoms with Crippen LogP contribution in [0.15, 0.2) is 46.9 Å². The molecule has 36 heavy (non-hydrogen) atoms. The van der Waals surface area contributed by atoms with Crippen molar-refractivity contribution in [1.82, 2.24) is 9.55 Å². The number of Topliss-reactive ketones (excluding diaryl/α,β-unsaturated/α-hetero) is 1. The van der Waals surface area contributed by atoms with E-state index in [1.54, 1.807) is 12.1 Å². The van der Waals surface area contributed by atoms with E-state index < -0.39 is 0 Å². The maximum Gasteiger partial charge on any atom is 0.257 e. The molecule has 1 heterocycles. The summed E-state index contributed by atoms with van der Waals surface area (Å²) < 4.78 is 2.86. The zero-order chi connectivity index (χ0) is 25.7. The van der Waals surface area contributed by atoms with E-state index in [1.165, 1.54) is 6.42 Å². The van der Waals surface area contributed by atoms with Gasteiger partial charge >= 0.3 is 0 Å². The number of halogens is 1. The number of rotatable bonds is 10. The van der Waals surface area contributed by atoms with E-state index in [9.17, 15) is 14.4 Å². The molecule has 7 nitrogen and oxygen atoms in total. The third-order valence-corrected chi connectivity index (χ3v) is 7.62. The number of anilines is 1. The molecule has 8 heteroatoms. The van der Waals surface area contributed by atoms with Gasteiger partial charge in [0.05, 0.1) is 11.0 Å².